The normalized spacial score (nSPS) is 11.6. The van der Waals surface area contributed by atoms with Gasteiger partial charge in [-0.1, -0.05) is 201 Å². The third kappa shape index (κ3) is 11.2. The number of carbonyl (C=O) groups is 2. The van der Waals surface area contributed by atoms with E-state index in [1.165, 1.54) is 11.1 Å². The molecule has 10 aromatic carbocycles. The van der Waals surface area contributed by atoms with E-state index in [-0.39, 0.29) is 38.1 Å². The van der Waals surface area contributed by atoms with E-state index in [2.05, 4.69) is 184 Å². The summed E-state index contributed by atoms with van der Waals surface area (Å²) in [6.45, 7) is 15.2. The number of aryl methyl sites for hydroxylation is 2. The first-order valence-electron chi connectivity index (χ1n) is 28.1. The smallest absolute Gasteiger partial charge is 0.145 e. The van der Waals surface area contributed by atoms with Crippen LogP contribution in [0.15, 0.2) is 206 Å². The van der Waals surface area contributed by atoms with Crippen LogP contribution in [0.3, 0.4) is 0 Å². The second-order valence-corrected chi connectivity index (χ2v) is 23.3. The van der Waals surface area contributed by atoms with Gasteiger partial charge in [0.15, 0.2) is 0 Å². The van der Waals surface area contributed by atoms with Crippen LogP contribution in [0.4, 0.5) is 0 Å². The van der Waals surface area contributed by atoms with Gasteiger partial charge in [0.25, 0.3) is 0 Å². The summed E-state index contributed by atoms with van der Waals surface area (Å²) in [5, 5.41) is 8.93. The molecular formula is C75H60IrN6O2-2. The third-order valence-electron chi connectivity index (χ3n) is 15.2. The van der Waals surface area contributed by atoms with E-state index in [0.29, 0.717) is 11.6 Å². The van der Waals surface area contributed by atoms with E-state index < -0.39 is 10.8 Å². The standard InChI is InChI=1S/2C32H20N3.C11H20O2.Ir/c2*1-20-9-8-14-23(19-20)32-33-26-17-15-24-28-25(16-18-27(34-32)29(26)28)31(22-12-6-3-7-13-22)35-30(24)21-10-4-2-5-11-21;1-10(2,3)8(12)7-9(13)11(4,5)6;/h2*2-13,15-19H,1H3;7H2,1-6H3;/q2*-1;;. The zero-order valence-electron chi connectivity index (χ0n) is 48.2. The third-order valence-corrected chi connectivity index (χ3v) is 15.2. The summed E-state index contributed by atoms with van der Waals surface area (Å²) in [6, 6.07) is 77.3. The van der Waals surface area contributed by atoms with Crippen LogP contribution in [0.2, 0.25) is 0 Å². The average Bonchev–Trinajstić information content (AvgIpc) is 0.828. The monoisotopic (exact) mass is 1270 g/mol. The number of benzene rings is 10. The van der Waals surface area contributed by atoms with Gasteiger partial charge >= 0.3 is 0 Å². The quantitative estimate of drug-likeness (QED) is 0.0840. The number of hydrogen-bond donors (Lipinski definition) is 0. The summed E-state index contributed by atoms with van der Waals surface area (Å²) in [7, 11) is 0. The number of carbonyl (C=O) groups excluding carboxylic acids is 2. The summed E-state index contributed by atoms with van der Waals surface area (Å²) in [5.74, 6) is 1.44. The maximum atomic E-state index is 11.5. The molecule has 413 valence electrons. The molecule has 0 aliphatic carbocycles. The Kier molecular flexibility index (Phi) is 15.6. The van der Waals surface area contributed by atoms with Gasteiger partial charge in [0.2, 0.25) is 0 Å². The van der Waals surface area contributed by atoms with E-state index in [9.17, 15) is 9.59 Å². The molecule has 0 saturated carbocycles. The fourth-order valence-corrected chi connectivity index (χ4v) is 10.7. The van der Waals surface area contributed by atoms with Crippen molar-refractivity contribution in [2.24, 2.45) is 10.8 Å². The molecule has 1 radical (unpaired) electrons. The zero-order chi connectivity index (χ0) is 57.6. The van der Waals surface area contributed by atoms with Gasteiger partial charge in [-0.3, -0.25) is 29.5 Å². The van der Waals surface area contributed by atoms with Gasteiger partial charge in [0.05, 0.1) is 62.9 Å². The molecule has 4 aromatic heterocycles. The average molecular weight is 1270 g/mol. The SMILES string of the molecule is CC(C)(C)C(=O)CC(=O)C(C)(C)C.Cc1cc[c-]c(-c2nc3ccc4c(-c5ccccc5)nc(-c5ccccc5)c5ccc(n2)c3c45)c1.Cc1cc[c-]c(-c2nc3ccc4c(-c5ccccc5)nc(-c5ccccc5)c5ccc(n2)c3c45)c1.[Ir]. The van der Waals surface area contributed by atoms with Crippen molar-refractivity contribution >= 4 is 76.7 Å². The number of rotatable bonds is 8. The predicted octanol–water partition coefficient (Wildman–Crippen LogP) is 18.4. The van der Waals surface area contributed by atoms with E-state index >= 15 is 0 Å². The molecule has 0 amide bonds. The van der Waals surface area contributed by atoms with Crippen molar-refractivity contribution < 1.29 is 29.7 Å². The van der Waals surface area contributed by atoms with E-state index in [4.69, 9.17) is 29.9 Å². The second kappa shape index (κ2) is 23.2. The van der Waals surface area contributed by atoms with Crippen LogP contribution >= 0.6 is 0 Å². The number of nitrogens with zero attached hydrogens (tertiary/aromatic N) is 6. The Morgan fingerprint density at radius 1 is 0.357 bits per heavy atom. The van der Waals surface area contributed by atoms with Crippen molar-refractivity contribution in [1.82, 2.24) is 29.9 Å². The molecule has 0 atom stereocenters. The van der Waals surface area contributed by atoms with Crippen LogP contribution in [0.25, 0.3) is 133 Å². The van der Waals surface area contributed by atoms with Crippen LogP contribution < -0.4 is 0 Å². The Bertz CT molecular complexity index is 4200. The molecular weight excluding hydrogens is 1210 g/mol. The molecule has 0 N–H and O–H groups in total. The minimum Gasteiger partial charge on any atom is -0.299 e. The minimum absolute atomic E-state index is 0. The summed E-state index contributed by atoms with van der Waals surface area (Å²) in [5.41, 5.74) is 15.4. The topological polar surface area (TPSA) is 111 Å². The molecule has 0 aliphatic rings. The van der Waals surface area contributed by atoms with Gasteiger partial charge < -0.3 is 0 Å². The molecule has 9 heteroatoms. The Labute approximate surface area is 503 Å². The maximum Gasteiger partial charge on any atom is 0.145 e. The summed E-state index contributed by atoms with van der Waals surface area (Å²) >= 11 is 0. The second-order valence-electron chi connectivity index (χ2n) is 23.3. The first-order chi connectivity index (χ1) is 40.1. The number of pyridine rings is 2. The van der Waals surface area contributed by atoms with Crippen LogP contribution in [-0.2, 0) is 29.7 Å². The Balaban J connectivity index is 0.000000144. The number of aromatic nitrogens is 6. The van der Waals surface area contributed by atoms with Gasteiger partial charge in [-0.25, -0.2) is 9.97 Å². The summed E-state index contributed by atoms with van der Waals surface area (Å²) in [4.78, 5) is 53.4. The number of ketones is 2. The molecule has 0 aliphatic heterocycles. The molecule has 0 fully saturated rings. The van der Waals surface area contributed by atoms with Crippen molar-refractivity contribution in [3.8, 4) is 67.8 Å². The first kappa shape index (κ1) is 56.6. The van der Waals surface area contributed by atoms with E-state index in [1.807, 2.05) is 90.1 Å². The predicted molar refractivity (Wildman–Crippen MR) is 340 cm³/mol. The molecule has 4 heterocycles. The largest absolute Gasteiger partial charge is 0.299 e. The van der Waals surface area contributed by atoms with Crippen molar-refractivity contribution in [3.63, 3.8) is 0 Å². The molecule has 0 spiro atoms. The maximum absolute atomic E-state index is 11.5. The Hall–Kier alpha value is -9.27. The van der Waals surface area contributed by atoms with Crippen LogP contribution in [-0.4, -0.2) is 41.5 Å². The Morgan fingerprint density at radius 3 is 0.881 bits per heavy atom. The fourth-order valence-electron chi connectivity index (χ4n) is 10.7. The molecule has 0 bridgehead atoms. The zero-order valence-corrected chi connectivity index (χ0v) is 50.6. The fraction of sp³-hybridized carbons (Fsp3) is 0.147. The molecule has 8 nitrogen and oxygen atoms in total. The molecule has 84 heavy (non-hydrogen) atoms. The first-order valence-corrected chi connectivity index (χ1v) is 28.1. The van der Waals surface area contributed by atoms with Gasteiger partial charge in [-0.05, 0) is 24.3 Å². The summed E-state index contributed by atoms with van der Waals surface area (Å²) < 4.78 is 0. The number of Topliss-reactive ketones (excluding diaryl/α,β-unsaturated/α-hetero) is 2. The van der Waals surface area contributed by atoms with E-state index in [0.717, 1.165) is 121 Å². The van der Waals surface area contributed by atoms with Crippen molar-refractivity contribution in [2.75, 3.05) is 0 Å². The van der Waals surface area contributed by atoms with Gasteiger partial charge in [0, 0.05) is 96.3 Å². The van der Waals surface area contributed by atoms with Crippen LogP contribution in [0, 0.1) is 36.8 Å². The van der Waals surface area contributed by atoms with Crippen LogP contribution in [0.5, 0.6) is 0 Å². The molecule has 14 aromatic rings. The number of hydrogen-bond acceptors (Lipinski definition) is 8. The molecule has 14 rings (SSSR count). The summed E-state index contributed by atoms with van der Waals surface area (Å²) in [6.07, 6.45) is 0.0625. The van der Waals surface area contributed by atoms with Gasteiger partial charge in [-0.15, -0.1) is 70.8 Å². The molecule has 0 unspecified atom stereocenters. The van der Waals surface area contributed by atoms with E-state index in [1.54, 1.807) is 0 Å². The van der Waals surface area contributed by atoms with Crippen molar-refractivity contribution in [2.45, 2.75) is 61.8 Å². The van der Waals surface area contributed by atoms with Gasteiger partial charge in [0.1, 0.15) is 11.6 Å². The minimum atomic E-state index is -0.402. The van der Waals surface area contributed by atoms with Crippen molar-refractivity contribution in [1.29, 1.82) is 0 Å². The van der Waals surface area contributed by atoms with Crippen molar-refractivity contribution in [3.05, 3.63) is 230 Å². The van der Waals surface area contributed by atoms with Gasteiger partial charge in [-0.2, -0.15) is 0 Å². The Morgan fingerprint density at radius 2 is 0.631 bits per heavy atom. The molecule has 0 saturated heterocycles. The van der Waals surface area contributed by atoms with Crippen LogP contribution in [0.1, 0.15) is 59.1 Å².